The van der Waals surface area contributed by atoms with Crippen LogP contribution in [0.4, 0.5) is 11.4 Å². The van der Waals surface area contributed by atoms with Crippen LogP contribution in [0.15, 0.2) is 48.5 Å². The lowest BCUT2D eigenvalue weighted by Crippen LogP contribution is -2.43. The van der Waals surface area contributed by atoms with Gasteiger partial charge < -0.3 is 16.0 Å². The minimum Gasteiger partial charge on any atom is -0.398 e. The Kier molecular flexibility index (Phi) is 11.4. The van der Waals surface area contributed by atoms with Crippen LogP contribution < -0.4 is 11.1 Å². The number of benzene rings is 2. The lowest BCUT2D eigenvalue weighted by molar-refractivity contribution is 0.102. The molecule has 0 atom stereocenters. The van der Waals surface area contributed by atoms with Crippen molar-refractivity contribution in [1.82, 2.24) is 9.80 Å². The summed E-state index contributed by atoms with van der Waals surface area (Å²) < 4.78 is 0. The smallest absolute Gasteiger partial charge is 0.257 e. The van der Waals surface area contributed by atoms with E-state index in [2.05, 4.69) is 28.2 Å². The molecule has 0 radical (unpaired) electrons. The summed E-state index contributed by atoms with van der Waals surface area (Å²) in [6.45, 7) is 5.26. The number of para-hydroxylation sites is 1. The van der Waals surface area contributed by atoms with Gasteiger partial charge in [-0.1, -0.05) is 24.3 Å². The number of likely N-dealkylation sites (N-methyl/N-ethyl adjacent to an activating group) is 1. The van der Waals surface area contributed by atoms with Crippen LogP contribution in [0.5, 0.6) is 0 Å². The van der Waals surface area contributed by atoms with Crippen LogP contribution >= 0.6 is 37.2 Å². The van der Waals surface area contributed by atoms with Gasteiger partial charge in [0.15, 0.2) is 0 Å². The Morgan fingerprint density at radius 2 is 1.67 bits per heavy atom. The van der Waals surface area contributed by atoms with Crippen molar-refractivity contribution < 1.29 is 4.79 Å². The number of rotatable bonds is 4. The first kappa shape index (κ1) is 25.5. The standard InChI is InChI=1S/C19H24N4O.3ClH/c1-22-9-11-23(12-10-22)14-15-5-4-6-16(13-15)21-19(24)17-7-2-3-8-18(17)20;;;/h2-8,13H,9-12,14,20H2,1H3,(H,21,24);3*1H. The van der Waals surface area contributed by atoms with Crippen LogP contribution in [0.3, 0.4) is 0 Å². The van der Waals surface area contributed by atoms with Gasteiger partial charge in [-0.3, -0.25) is 9.69 Å². The van der Waals surface area contributed by atoms with Gasteiger partial charge in [0.1, 0.15) is 0 Å². The zero-order valence-corrected chi connectivity index (χ0v) is 17.7. The number of hydrogen-bond donors (Lipinski definition) is 2. The molecule has 5 nitrogen and oxygen atoms in total. The molecular weight excluding hydrogens is 407 g/mol. The minimum atomic E-state index is -0.176. The van der Waals surface area contributed by atoms with Gasteiger partial charge in [0.05, 0.1) is 5.56 Å². The lowest BCUT2D eigenvalue weighted by atomic mass is 10.1. The summed E-state index contributed by atoms with van der Waals surface area (Å²) in [4.78, 5) is 17.2. The molecule has 3 rings (SSSR count). The van der Waals surface area contributed by atoms with Crippen molar-refractivity contribution in [2.24, 2.45) is 0 Å². The maximum Gasteiger partial charge on any atom is 0.257 e. The third kappa shape index (κ3) is 7.20. The topological polar surface area (TPSA) is 61.6 Å². The molecule has 1 aliphatic heterocycles. The number of piperazine rings is 1. The van der Waals surface area contributed by atoms with Gasteiger partial charge in [0, 0.05) is 44.1 Å². The van der Waals surface area contributed by atoms with E-state index in [0.29, 0.717) is 11.3 Å². The van der Waals surface area contributed by atoms with Gasteiger partial charge in [0.2, 0.25) is 0 Å². The molecule has 0 unspecified atom stereocenters. The first-order valence-electron chi connectivity index (χ1n) is 8.27. The van der Waals surface area contributed by atoms with Crippen LogP contribution in [-0.4, -0.2) is 48.9 Å². The van der Waals surface area contributed by atoms with Crippen molar-refractivity contribution >= 4 is 54.5 Å². The predicted molar refractivity (Wildman–Crippen MR) is 120 cm³/mol. The Balaban J connectivity index is 0.00000225. The molecule has 27 heavy (non-hydrogen) atoms. The van der Waals surface area contributed by atoms with Crippen LogP contribution in [0.1, 0.15) is 15.9 Å². The summed E-state index contributed by atoms with van der Waals surface area (Å²) in [6.07, 6.45) is 0. The van der Waals surface area contributed by atoms with Gasteiger partial charge in [-0.15, -0.1) is 37.2 Å². The number of amides is 1. The van der Waals surface area contributed by atoms with Crippen molar-refractivity contribution in [3.63, 3.8) is 0 Å². The fraction of sp³-hybridized carbons (Fsp3) is 0.316. The maximum absolute atomic E-state index is 12.4. The van der Waals surface area contributed by atoms with E-state index in [1.807, 2.05) is 30.3 Å². The normalized spacial score (nSPS) is 14.3. The molecule has 2 aromatic carbocycles. The van der Waals surface area contributed by atoms with Crippen molar-refractivity contribution in [3.05, 3.63) is 59.7 Å². The Bertz CT molecular complexity index is 722. The number of carbonyl (C=O) groups is 1. The van der Waals surface area contributed by atoms with Crippen LogP contribution in [-0.2, 0) is 6.54 Å². The zero-order valence-electron chi connectivity index (χ0n) is 15.3. The molecule has 0 aromatic heterocycles. The summed E-state index contributed by atoms with van der Waals surface area (Å²) in [5, 5.41) is 2.94. The maximum atomic E-state index is 12.4. The molecule has 1 heterocycles. The van der Waals surface area contributed by atoms with Gasteiger partial charge in [0.25, 0.3) is 5.91 Å². The van der Waals surface area contributed by atoms with E-state index in [1.165, 1.54) is 5.56 Å². The molecule has 0 bridgehead atoms. The molecule has 1 amide bonds. The average molecular weight is 434 g/mol. The van der Waals surface area contributed by atoms with Gasteiger partial charge >= 0.3 is 0 Å². The van der Waals surface area contributed by atoms with Crippen LogP contribution in [0, 0.1) is 0 Å². The second kappa shape index (κ2) is 12.1. The highest BCUT2D eigenvalue weighted by Gasteiger charge is 2.14. The Morgan fingerprint density at radius 1 is 1.00 bits per heavy atom. The Hall–Kier alpha value is -1.50. The zero-order chi connectivity index (χ0) is 16.9. The lowest BCUT2D eigenvalue weighted by Gasteiger charge is -2.32. The average Bonchev–Trinajstić information content (AvgIpc) is 2.58. The number of nitrogens with one attached hydrogen (secondary N) is 1. The largest absolute Gasteiger partial charge is 0.398 e. The van der Waals surface area contributed by atoms with E-state index in [0.717, 1.165) is 38.4 Å². The molecule has 0 saturated carbocycles. The van der Waals surface area contributed by atoms with E-state index in [9.17, 15) is 4.79 Å². The third-order valence-corrected chi connectivity index (χ3v) is 4.39. The number of anilines is 2. The minimum absolute atomic E-state index is 0. The van der Waals surface area contributed by atoms with E-state index in [4.69, 9.17) is 5.73 Å². The van der Waals surface area contributed by atoms with E-state index in [-0.39, 0.29) is 43.1 Å². The van der Waals surface area contributed by atoms with Gasteiger partial charge in [-0.05, 0) is 36.9 Å². The highest BCUT2D eigenvalue weighted by Crippen LogP contribution is 2.17. The predicted octanol–water partition coefficient (Wildman–Crippen LogP) is 3.53. The summed E-state index contributed by atoms with van der Waals surface area (Å²) in [5.41, 5.74) is 8.87. The second-order valence-electron chi connectivity index (χ2n) is 6.32. The number of halogens is 3. The van der Waals surface area contributed by atoms with Gasteiger partial charge in [-0.25, -0.2) is 0 Å². The van der Waals surface area contributed by atoms with Crippen LogP contribution in [0.25, 0.3) is 0 Å². The molecule has 1 fully saturated rings. The molecule has 8 heteroatoms. The molecule has 1 saturated heterocycles. The second-order valence-corrected chi connectivity index (χ2v) is 6.32. The number of nitrogens with zero attached hydrogens (tertiary/aromatic N) is 2. The molecule has 150 valence electrons. The first-order chi connectivity index (χ1) is 11.6. The number of nitrogen functional groups attached to an aromatic ring is 1. The van der Waals surface area contributed by atoms with Gasteiger partial charge in [-0.2, -0.15) is 0 Å². The number of nitrogens with two attached hydrogens (primary N) is 1. The molecule has 2 aromatic rings. The Labute approximate surface area is 179 Å². The molecule has 0 spiro atoms. The summed E-state index contributed by atoms with van der Waals surface area (Å²) in [5.74, 6) is -0.176. The number of hydrogen-bond acceptors (Lipinski definition) is 4. The van der Waals surface area contributed by atoms with E-state index in [1.54, 1.807) is 12.1 Å². The van der Waals surface area contributed by atoms with Crippen molar-refractivity contribution in [2.45, 2.75) is 6.54 Å². The summed E-state index contributed by atoms with van der Waals surface area (Å²) in [6, 6.07) is 15.1. The monoisotopic (exact) mass is 432 g/mol. The van der Waals surface area contributed by atoms with E-state index >= 15 is 0 Å². The third-order valence-electron chi connectivity index (χ3n) is 4.39. The fourth-order valence-electron chi connectivity index (χ4n) is 2.91. The fourth-order valence-corrected chi connectivity index (χ4v) is 2.91. The number of carbonyl (C=O) groups excluding carboxylic acids is 1. The molecule has 0 aliphatic carbocycles. The summed E-state index contributed by atoms with van der Waals surface area (Å²) in [7, 11) is 2.16. The first-order valence-corrected chi connectivity index (χ1v) is 8.27. The SMILES string of the molecule is CN1CCN(Cc2cccc(NC(=O)c3ccccc3N)c2)CC1.Cl.Cl.Cl. The van der Waals surface area contributed by atoms with Crippen LogP contribution in [0.2, 0.25) is 0 Å². The highest BCUT2D eigenvalue weighted by atomic mass is 35.5. The molecule has 1 aliphatic rings. The van der Waals surface area contributed by atoms with Crippen molar-refractivity contribution in [3.8, 4) is 0 Å². The quantitative estimate of drug-likeness (QED) is 0.724. The van der Waals surface area contributed by atoms with Crippen molar-refractivity contribution in [1.29, 1.82) is 0 Å². The molecule has 3 N–H and O–H groups in total. The van der Waals surface area contributed by atoms with E-state index < -0.39 is 0 Å². The van der Waals surface area contributed by atoms with Crippen molar-refractivity contribution in [2.75, 3.05) is 44.3 Å². The highest BCUT2D eigenvalue weighted by molar-refractivity contribution is 6.07. The summed E-state index contributed by atoms with van der Waals surface area (Å²) >= 11 is 0. The Morgan fingerprint density at radius 3 is 2.33 bits per heavy atom. The molecular formula is C19H27Cl3N4O.